The number of rotatable bonds is 4. The van der Waals surface area contributed by atoms with E-state index >= 15 is 0 Å². The van der Waals surface area contributed by atoms with Gasteiger partial charge in [-0.2, -0.15) is 0 Å². The molecule has 0 fully saturated rings. The summed E-state index contributed by atoms with van der Waals surface area (Å²) in [4.78, 5) is 22.9. The van der Waals surface area contributed by atoms with E-state index in [-0.39, 0.29) is 6.54 Å². The molecule has 0 heterocycles. The van der Waals surface area contributed by atoms with E-state index in [1.165, 1.54) is 0 Å². The van der Waals surface area contributed by atoms with Crippen molar-refractivity contribution in [1.29, 1.82) is 0 Å². The summed E-state index contributed by atoms with van der Waals surface area (Å²) in [5.41, 5.74) is 0.491. The number of hydrogen-bond donors (Lipinski definition) is 2. The highest BCUT2D eigenvalue weighted by Gasteiger charge is 2.30. The van der Waals surface area contributed by atoms with E-state index in [9.17, 15) is 9.59 Å². The van der Waals surface area contributed by atoms with Crippen molar-refractivity contribution >= 4 is 64.1 Å². The molecule has 0 aromatic heterocycles. The molecule has 116 valence electrons. The number of carbonyl (C=O) groups is 2. The number of benzene rings is 1. The fourth-order valence-electron chi connectivity index (χ4n) is 1.27. The van der Waals surface area contributed by atoms with E-state index in [1.807, 2.05) is 0 Å². The molecule has 0 aliphatic rings. The third-order valence-corrected chi connectivity index (χ3v) is 2.94. The second-order valence-corrected chi connectivity index (χ2v) is 6.78. The van der Waals surface area contributed by atoms with Gasteiger partial charge in [-0.1, -0.05) is 52.5 Å². The molecule has 0 aliphatic carbocycles. The average molecular weight is 374 g/mol. The van der Waals surface area contributed by atoms with Crippen molar-refractivity contribution in [2.24, 2.45) is 0 Å². The summed E-state index contributed by atoms with van der Waals surface area (Å²) in [6, 6.07) is 6.58. The first-order chi connectivity index (χ1) is 9.68. The first-order valence-electron chi connectivity index (χ1n) is 5.76. The molecule has 0 saturated carbocycles. The Labute approximate surface area is 141 Å². The third kappa shape index (κ3) is 7.09. The normalized spacial score (nSPS) is 12.4. The molecule has 1 aromatic carbocycles. The Bertz CT molecular complexity index is 519. The average Bonchev–Trinajstić information content (AvgIpc) is 2.34. The van der Waals surface area contributed by atoms with Crippen LogP contribution < -0.4 is 10.6 Å². The largest absolute Gasteiger partial charge is 0.444 e. The quantitative estimate of drug-likeness (QED) is 0.789. The van der Waals surface area contributed by atoms with E-state index in [0.717, 1.165) is 0 Å². The van der Waals surface area contributed by atoms with Gasteiger partial charge in [-0.05, 0) is 25.1 Å². The Hall–Kier alpha value is -0.880. The van der Waals surface area contributed by atoms with Gasteiger partial charge in [0.2, 0.25) is 0 Å². The predicted molar refractivity (Wildman–Crippen MR) is 84.3 cm³/mol. The van der Waals surface area contributed by atoms with Gasteiger partial charge < -0.3 is 10.1 Å². The SMILES string of the molecule is CC(CNC(=O)C(Cl)(Cl)Cl)OC(=O)Nc1cccc(Cl)c1. The number of halogens is 4. The van der Waals surface area contributed by atoms with Crippen molar-refractivity contribution in [3.8, 4) is 0 Å². The van der Waals surface area contributed by atoms with Crippen LogP contribution >= 0.6 is 46.4 Å². The molecule has 1 atom stereocenters. The number of hydrogen-bond acceptors (Lipinski definition) is 3. The van der Waals surface area contributed by atoms with Gasteiger partial charge >= 0.3 is 6.09 Å². The fraction of sp³-hybridized carbons (Fsp3) is 0.333. The van der Waals surface area contributed by atoms with E-state index in [1.54, 1.807) is 31.2 Å². The van der Waals surface area contributed by atoms with Gasteiger partial charge in [0.05, 0.1) is 6.54 Å². The van der Waals surface area contributed by atoms with Crippen LogP contribution in [0, 0.1) is 0 Å². The highest BCUT2D eigenvalue weighted by atomic mass is 35.6. The number of carbonyl (C=O) groups excluding carboxylic acids is 2. The predicted octanol–water partition coefficient (Wildman–Crippen LogP) is 3.76. The Kier molecular flexibility index (Phi) is 6.87. The lowest BCUT2D eigenvalue weighted by Gasteiger charge is -2.16. The Morgan fingerprint density at radius 3 is 2.57 bits per heavy atom. The molecule has 0 spiro atoms. The maximum atomic E-state index is 11.6. The summed E-state index contributed by atoms with van der Waals surface area (Å²) in [6.45, 7) is 1.59. The maximum Gasteiger partial charge on any atom is 0.411 e. The van der Waals surface area contributed by atoms with E-state index < -0.39 is 21.9 Å². The van der Waals surface area contributed by atoms with Gasteiger partial charge in [-0.15, -0.1) is 0 Å². The van der Waals surface area contributed by atoms with Crippen LogP contribution in [-0.2, 0) is 9.53 Å². The summed E-state index contributed by atoms with van der Waals surface area (Å²) in [7, 11) is 0. The summed E-state index contributed by atoms with van der Waals surface area (Å²) < 4.78 is 2.97. The van der Waals surface area contributed by atoms with E-state index in [0.29, 0.717) is 10.7 Å². The molecule has 2 N–H and O–H groups in total. The molecular weight excluding hydrogens is 362 g/mol. The van der Waals surface area contributed by atoms with Gasteiger partial charge in [0.25, 0.3) is 9.70 Å². The van der Waals surface area contributed by atoms with Gasteiger partial charge in [0, 0.05) is 10.7 Å². The monoisotopic (exact) mass is 372 g/mol. The molecule has 1 unspecified atom stereocenters. The van der Waals surface area contributed by atoms with Crippen molar-refractivity contribution in [2.75, 3.05) is 11.9 Å². The van der Waals surface area contributed by atoms with E-state index in [2.05, 4.69) is 10.6 Å². The summed E-state index contributed by atoms with van der Waals surface area (Å²) in [5.74, 6) is -0.793. The van der Waals surface area contributed by atoms with Gasteiger partial charge in [-0.3, -0.25) is 10.1 Å². The Morgan fingerprint density at radius 1 is 1.33 bits per heavy atom. The van der Waals surface area contributed by atoms with Crippen LogP contribution in [0.5, 0.6) is 0 Å². The van der Waals surface area contributed by atoms with Crippen molar-refractivity contribution in [1.82, 2.24) is 5.32 Å². The zero-order valence-electron chi connectivity index (χ0n) is 10.8. The van der Waals surface area contributed by atoms with Crippen LogP contribution in [0.15, 0.2) is 24.3 Å². The molecule has 5 nitrogen and oxygen atoms in total. The molecule has 0 radical (unpaired) electrons. The summed E-state index contributed by atoms with van der Waals surface area (Å²) in [6.07, 6.45) is -1.30. The minimum atomic E-state index is -2.05. The molecule has 2 amide bonds. The van der Waals surface area contributed by atoms with Crippen LogP contribution in [0.3, 0.4) is 0 Å². The van der Waals surface area contributed by atoms with Crippen LogP contribution in [-0.4, -0.2) is 28.4 Å². The molecule has 21 heavy (non-hydrogen) atoms. The number of amides is 2. The smallest absolute Gasteiger partial charge is 0.411 e. The van der Waals surface area contributed by atoms with Crippen molar-refractivity contribution in [2.45, 2.75) is 16.8 Å². The third-order valence-electron chi connectivity index (χ3n) is 2.19. The molecular formula is C12H12Cl4N2O3. The molecule has 0 aliphatic heterocycles. The van der Waals surface area contributed by atoms with Gasteiger partial charge in [-0.25, -0.2) is 4.79 Å². The lowest BCUT2D eigenvalue weighted by Crippen LogP contribution is -2.40. The zero-order valence-corrected chi connectivity index (χ0v) is 13.9. The molecule has 1 rings (SSSR count). The fourth-order valence-corrected chi connectivity index (χ4v) is 1.67. The lowest BCUT2D eigenvalue weighted by atomic mass is 10.3. The minimum Gasteiger partial charge on any atom is -0.444 e. The van der Waals surface area contributed by atoms with E-state index in [4.69, 9.17) is 51.1 Å². The van der Waals surface area contributed by atoms with Crippen molar-refractivity contribution < 1.29 is 14.3 Å². The highest BCUT2D eigenvalue weighted by Crippen LogP contribution is 2.25. The Balaban J connectivity index is 2.39. The van der Waals surface area contributed by atoms with Crippen LogP contribution in [0.2, 0.25) is 5.02 Å². The molecule has 1 aromatic rings. The van der Waals surface area contributed by atoms with Crippen LogP contribution in [0.1, 0.15) is 6.92 Å². The standard InChI is InChI=1S/C12H12Cl4N2O3/c1-7(6-17-10(19)12(14,15)16)21-11(20)18-9-4-2-3-8(13)5-9/h2-5,7H,6H2,1H3,(H,17,19)(H,18,20). The number of ether oxygens (including phenoxy) is 1. The molecule has 0 saturated heterocycles. The zero-order chi connectivity index (χ0) is 16.0. The first kappa shape index (κ1) is 18.2. The minimum absolute atomic E-state index is 0.00963. The first-order valence-corrected chi connectivity index (χ1v) is 7.28. The second-order valence-electron chi connectivity index (χ2n) is 4.06. The number of anilines is 1. The maximum absolute atomic E-state index is 11.6. The number of alkyl halides is 3. The van der Waals surface area contributed by atoms with Crippen LogP contribution in [0.4, 0.5) is 10.5 Å². The molecule has 9 heteroatoms. The Morgan fingerprint density at radius 2 is 2.00 bits per heavy atom. The van der Waals surface area contributed by atoms with Crippen molar-refractivity contribution in [3.05, 3.63) is 29.3 Å². The van der Waals surface area contributed by atoms with Crippen LogP contribution in [0.25, 0.3) is 0 Å². The second kappa shape index (κ2) is 7.94. The number of nitrogens with one attached hydrogen (secondary N) is 2. The molecule has 0 bridgehead atoms. The van der Waals surface area contributed by atoms with Crippen molar-refractivity contribution in [3.63, 3.8) is 0 Å². The lowest BCUT2D eigenvalue weighted by molar-refractivity contribution is -0.120. The van der Waals surface area contributed by atoms with Gasteiger partial charge in [0.15, 0.2) is 0 Å². The summed E-state index contributed by atoms with van der Waals surface area (Å²) >= 11 is 21.9. The highest BCUT2D eigenvalue weighted by molar-refractivity contribution is 6.76. The topological polar surface area (TPSA) is 67.4 Å². The van der Waals surface area contributed by atoms with Gasteiger partial charge in [0.1, 0.15) is 6.10 Å². The summed E-state index contributed by atoms with van der Waals surface area (Å²) in [5, 5.41) is 5.32.